The van der Waals surface area contributed by atoms with Crippen LogP contribution in [0.1, 0.15) is 36.7 Å². The van der Waals surface area contributed by atoms with Crippen LogP contribution in [-0.2, 0) is 5.41 Å². The summed E-state index contributed by atoms with van der Waals surface area (Å²) >= 11 is 5.79. The number of benzene rings is 2. The molecule has 0 atom stereocenters. The van der Waals surface area contributed by atoms with Gasteiger partial charge in [0.25, 0.3) is 5.91 Å². The molecule has 0 radical (unpaired) electrons. The van der Waals surface area contributed by atoms with Crippen molar-refractivity contribution in [1.82, 2.24) is 0 Å². The van der Waals surface area contributed by atoms with E-state index in [9.17, 15) is 15.0 Å². The van der Waals surface area contributed by atoms with Gasteiger partial charge in [0.05, 0.1) is 0 Å². The Labute approximate surface area is 134 Å². The highest BCUT2D eigenvalue weighted by Crippen LogP contribution is 2.41. The molecule has 0 fully saturated rings. The van der Waals surface area contributed by atoms with E-state index in [2.05, 4.69) is 5.32 Å². The molecule has 3 N–H and O–H groups in total. The first-order chi connectivity index (χ1) is 10.2. The number of hydrogen-bond donors (Lipinski definition) is 3. The lowest BCUT2D eigenvalue weighted by atomic mass is 9.86. The smallest absolute Gasteiger partial charge is 0.255 e. The van der Waals surface area contributed by atoms with Crippen LogP contribution in [0, 0.1) is 0 Å². The highest BCUT2D eigenvalue weighted by Gasteiger charge is 2.23. The molecule has 0 saturated heterocycles. The van der Waals surface area contributed by atoms with Crippen LogP contribution in [0.2, 0.25) is 5.02 Å². The maximum absolute atomic E-state index is 12.2. The van der Waals surface area contributed by atoms with Crippen LogP contribution >= 0.6 is 11.6 Å². The van der Waals surface area contributed by atoms with Crippen molar-refractivity contribution in [2.75, 3.05) is 5.32 Å². The van der Waals surface area contributed by atoms with Gasteiger partial charge in [0.2, 0.25) is 0 Å². The minimum absolute atomic E-state index is 0.00683. The van der Waals surface area contributed by atoms with Gasteiger partial charge in [-0.15, -0.1) is 0 Å². The van der Waals surface area contributed by atoms with Crippen molar-refractivity contribution in [3.63, 3.8) is 0 Å². The lowest BCUT2D eigenvalue weighted by Crippen LogP contribution is -2.15. The zero-order valence-corrected chi connectivity index (χ0v) is 13.4. The first kappa shape index (κ1) is 16.2. The van der Waals surface area contributed by atoms with Crippen molar-refractivity contribution >= 4 is 23.2 Å². The summed E-state index contributed by atoms with van der Waals surface area (Å²) in [6.07, 6.45) is 0. The molecular formula is C17H18ClNO3. The van der Waals surface area contributed by atoms with Gasteiger partial charge < -0.3 is 15.5 Å². The van der Waals surface area contributed by atoms with E-state index in [1.165, 1.54) is 6.07 Å². The second kappa shape index (κ2) is 5.89. The molecule has 0 spiro atoms. The molecule has 0 bridgehead atoms. The van der Waals surface area contributed by atoms with Gasteiger partial charge in [-0.3, -0.25) is 4.79 Å². The SMILES string of the molecule is CC(C)(C)c1ccc(O)c(NC(=O)c2ccc(Cl)cc2)c1O. The second-order valence-electron chi connectivity index (χ2n) is 6.07. The van der Waals surface area contributed by atoms with Crippen LogP contribution in [0.25, 0.3) is 0 Å². The van der Waals surface area contributed by atoms with Crippen LogP contribution in [0.4, 0.5) is 5.69 Å². The summed E-state index contributed by atoms with van der Waals surface area (Å²) in [6.45, 7) is 5.80. The van der Waals surface area contributed by atoms with E-state index in [0.29, 0.717) is 16.1 Å². The molecule has 0 aliphatic heterocycles. The Morgan fingerprint density at radius 3 is 2.18 bits per heavy atom. The predicted octanol–water partition coefficient (Wildman–Crippen LogP) is 4.30. The van der Waals surface area contributed by atoms with Gasteiger partial charge in [0.1, 0.15) is 17.2 Å². The molecule has 1 amide bonds. The van der Waals surface area contributed by atoms with Crippen molar-refractivity contribution < 1.29 is 15.0 Å². The standard InChI is InChI=1S/C17H18ClNO3/c1-17(2,3)12-8-9-13(20)14(15(12)21)19-16(22)10-4-6-11(18)7-5-10/h4-9,20-21H,1-3H3,(H,19,22). The summed E-state index contributed by atoms with van der Waals surface area (Å²) in [7, 11) is 0. The Balaban J connectivity index is 2.37. The first-order valence-corrected chi connectivity index (χ1v) is 7.20. The fourth-order valence-electron chi connectivity index (χ4n) is 2.10. The van der Waals surface area contributed by atoms with Gasteiger partial charge in [0, 0.05) is 16.1 Å². The van der Waals surface area contributed by atoms with E-state index in [-0.39, 0.29) is 22.6 Å². The molecule has 0 unspecified atom stereocenters. The molecule has 2 aromatic carbocycles. The van der Waals surface area contributed by atoms with Crippen LogP contribution in [0.15, 0.2) is 36.4 Å². The maximum Gasteiger partial charge on any atom is 0.255 e. The number of carbonyl (C=O) groups excluding carboxylic acids is 1. The fraction of sp³-hybridized carbons (Fsp3) is 0.235. The number of anilines is 1. The van der Waals surface area contributed by atoms with Gasteiger partial charge in [-0.1, -0.05) is 38.4 Å². The van der Waals surface area contributed by atoms with Gasteiger partial charge in [-0.25, -0.2) is 0 Å². The number of hydrogen-bond acceptors (Lipinski definition) is 3. The number of halogens is 1. The Morgan fingerprint density at radius 1 is 1.05 bits per heavy atom. The fourth-order valence-corrected chi connectivity index (χ4v) is 2.22. The number of carbonyl (C=O) groups is 1. The van der Waals surface area contributed by atoms with Crippen molar-refractivity contribution in [2.24, 2.45) is 0 Å². The normalized spacial score (nSPS) is 11.3. The molecule has 0 aromatic heterocycles. The monoisotopic (exact) mass is 319 g/mol. The molecule has 0 saturated carbocycles. The number of aromatic hydroxyl groups is 2. The number of phenols is 2. The Kier molecular flexibility index (Phi) is 4.33. The summed E-state index contributed by atoms with van der Waals surface area (Å²) in [5, 5.41) is 23.3. The van der Waals surface area contributed by atoms with Gasteiger partial charge in [-0.05, 0) is 35.7 Å². The van der Waals surface area contributed by atoms with Crippen molar-refractivity contribution in [3.8, 4) is 11.5 Å². The molecule has 0 heterocycles. The Morgan fingerprint density at radius 2 is 1.64 bits per heavy atom. The van der Waals surface area contributed by atoms with Crippen molar-refractivity contribution in [1.29, 1.82) is 0 Å². The number of rotatable bonds is 2. The number of nitrogens with one attached hydrogen (secondary N) is 1. The summed E-state index contributed by atoms with van der Waals surface area (Å²) in [5.41, 5.74) is 0.700. The third kappa shape index (κ3) is 3.34. The van der Waals surface area contributed by atoms with Gasteiger partial charge >= 0.3 is 0 Å². The quantitative estimate of drug-likeness (QED) is 0.723. The average molecular weight is 320 g/mol. The lowest BCUT2D eigenvalue weighted by molar-refractivity contribution is 0.102. The van der Waals surface area contributed by atoms with E-state index in [0.717, 1.165) is 0 Å². The first-order valence-electron chi connectivity index (χ1n) is 6.82. The molecular weight excluding hydrogens is 302 g/mol. The molecule has 0 aliphatic rings. The Hall–Kier alpha value is -2.20. The third-order valence-electron chi connectivity index (χ3n) is 3.31. The minimum atomic E-state index is -0.437. The van der Waals surface area contributed by atoms with Crippen molar-refractivity contribution in [2.45, 2.75) is 26.2 Å². The minimum Gasteiger partial charge on any atom is -0.506 e. The number of phenolic OH excluding ortho intramolecular Hbond substituents is 2. The lowest BCUT2D eigenvalue weighted by Gasteiger charge is -2.22. The van der Waals surface area contributed by atoms with Crippen LogP contribution in [0.5, 0.6) is 11.5 Å². The summed E-state index contributed by atoms with van der Waals surface area (Å²) in [5.74, 6) is -0.754. The van der Waals surface area contributed by atoms with E-state index in [1.807, 2.05) is 20.8 Å². The highest BCUT2D eigenvalue weighted by molar-refractivity contribution is 6.30. The summed E-state index contributed by atoms with van der Waals surface area (Å²) in [4.78, 5) is 12.2. The molecule has 22 heavy (non-hydrogen) atoms. The zero-order chi connectivity index (χ0) is 16.5. The van der Waals surface area contributed by atoms with Crippen LogP contribution in [-0.4, -0.2) is 16.1 Å². The molecule has 116 valence electrons. The largest absolute Gasteiger partial charge is 0.506 e. The van der Waals surface area contributed by atoms with E-state index < -0.39 is 5.91 Å². The molecule has 2 aromatic rings. The maximum atomic E-state index is 12.2. The van der Waals surface area contributed by atoms with Gasteiger partial charge in [-0.2, -0.15) is 0 Å². The Bertz CT molecular complexity index is 703. The second-order valence-corrected chi connectivity index (χ2v) is 6.50. The average Bonchev–Trinajstić information content (AvgIpc) is 2.42. The van der Waals surface area contributed by atoms with Crippen LogP contribution < -0.4 is 5.32 Å². The summed E-state index contributed by atoms with van der Waals surface area (Å²) in [6, 6.07) is 9.43. The van der Waals surface area contributed by atoms with E-state index >= 15 is 0 Å². The highest BCUT2D eigenvalue weighted by atomic mass is 35.5. The van der Waals surface area contributed by atoms with Crippen LogP contribution in [0.3, 0.4) is 0 Å². The topological polar surface area (TPSA) is 69.6 Å². The van der Waals surface area contributed by atoms with Gasteiger partial charge in [0.15, 0.2) is 0 Å². The summed E-state index contributed by atoms with van der Waals surface area (Å²) < 4.78 is 0. The van der Waals surface area contributed by atoms with E-state index in [1.54, 1.807) is 30.3 Å². The number of amides is 1. The molecule has 4 nitrogen and oxygen atoms in total. The predicted molar refractivity (Wildman–Crippen MR) is 87.9 cm³/mol. The molecule has 0 aliphatic carbocycles. The zero-order valence-electron chi connectivity index (χ0n) is 12.6. The molecule has 2 rings (SSSR count). The van der Waals surface area contributed by atoms with E-state index in [4.69, 9.17) is 11.6 Å². The molecule has 5 heteroatoms. The third-order valence-corrected chi connectivity index (χ3v) is 3.56. The van der Waals surface area contributed by atoms with Crippen molar-refractivity contribution in [3.05, 3.63) is 52.5 Å².